The van der Waals surface area contributed by atoms with Crippen LogP contribution in [0.2, 0.25) is 0 Å². The van der Waals surface area contributed by atoms with E-state index in [1.165, 1.54) is 0 Å². The summed E-state index contributed by atoms with van der Waals surface area (Å²) in [5.74, 6) is 0.0936. The first kappa shape index (κ1) is 14.5. The third-order valence-corrected chi connectivity index (χ3v) is 3.41. The van der Waals surface area contributed by atoms with Crippen molar-refractivity contribution in [2.45, 2.75) is 12.8 Å². The molecule has 1 aromatic rings. The smallest absolute Gasteiger partial charge is 0.253 e. The van der Waals surface area contributed by atoms with Gasteiger partial charge in [-0.15, -0.1) is 6.58 Å². The summed E-state index contributed by atoms with van der Waals surface area (Å²) in [6.45, 7) is 5.94. The molecule has 2 N–H and O–H groups in total. The van der Waals surface area contributed by atoms with Crippen molar-refractivity contribution in [2.75, 3.05) is 25.0 Å². The van der Waals surface area contributed by atoms with Crippen LogP contribution in [0.15, 0.2) is 36.9 Å². The molecule has 2 rings (SSSR count). The highest BCUT2D eigenvalue weighted by atomic mass is 32.1. The van der Waals surface area contributed by atoms with E-state index in [1.54, 1.807) is 6.08 Å². The van der Waals surface area contributed by atoms with Crippen molar-refractivity contribution >= 4 is 28.9 Å². The zero-order valence-corrected chi connectivity index (χ0v) is 12.2. The minimum absolute atomic E-state index is 0.0936. The van der Waals surface area contributed by atoms with Crippen LogP contribution in [0.1, 0.15) is 23.2 Å². The summed E-state index contributed by atoms with van der Waals surface area (Å²) in [5, 5.41) is 6.58. The Hall–Kier alpha value is -1.88. The molecule has 1 aliphatic rings. The van der Waals surface area contributed by atoms with Crippen LogP contribution in [0.5, 0.6) is 0 Å². The highest BCUT2D eigenvalue weighted by Gasteiger charge is 2.19. The zero-order valence-electron chi connectivity index (χ0n) is 11.4. The second-order valence-corrected chi connectivity index (χ2v) is 5.11. The van der Waals surface area contributed by atoms with E-state index in [2.05, 4.69) is 17.2 Å². The molecule has 0 atom stereocenters. The number of rotatable bonds is 4. The minimum Gasteiger partial charge on any atom is -0.359 e. The Morgan fingerprint density at radius 2 is 2.15 bits per heavy atom. The average molecular weight is 289 g/mol. The highest BCUT2D eigenvalue weighted by molar-refractivity contribution is 7.80. The summed E-state index contributed by atoms with van der Waals surface area (Å²) in [6, 6.07) is 7.43. The van der Waals surface area contributed by atoms with Gasteiger partial charge in [0.25, 0.3) is 5.91 Å². The highest BCUT2D eigenvalue weighted by Crippen LogP contribution is 2.16. The van der Waals surface area contributed by atoms with Crippen molar-refractivity contribution in [1.29, 1.82) is 0 Å². The molecule has 0 radical (unpaired) electrons. The maximum Gasteiger partial charge on any atom is 0.253 e. The van der Waals surface area contributed by atoms with Crippen LogP contribution in [0.25, 0.3) is 0 Å². The van der Waals surface area contributed by atoms with E-state index >= 15 is 0 Å². The number of amides is 1. The van der Waals surface area contributed by atoms with Gasteiger partial charge in [-0.2, -0.15) is 0 Å². The number of nitrogens with zero attached hydrogens (tertiary/aromatic N) is 1. The molecule has 0 unspecified atom stereocenters. The van der Waals surface area contributed by atoms with Crippen LogP contribution in [-0.2, 0) is 0 Å². The summed E-state index contributed by atoms with van der Waals surface area (Å²) < 4.78 is 0. The number of carbonyl (C=O) groups excluding carboxylic acids is 1. The molecule has 0 bridgehead atoms. The van der Waals surface area contributed by atoms with E-state index in [0.717, 1.165) is 31.6 Å². The van der Waals surface area contributed by atoms with Gasteiger partial charge in [-0.25, -0.2) is 0 Å². The van der Waals surface area contributed by atoms with E-state index in [0.29, 0.717) is 17.2 Å². The second-order valence-electron chi connectivity index (χ2n) is 4.70. The fourth-order valence-electron chi connectivity index (χ4n) is 2.17. The van der Waals surface area contributed by atoms with Gasteiger partial charge >= 0.3 is 0 Å². The number of likely N-dealkylation sites (tertiary alicyclic amines) is 1. The Labute approximate surface area is 124 Å². The summed E-state index contributed by atoms with van der Waals surface area (Å²) in [7, 11) is 0. The Morgan fingerprint density at radius 1 is 1.40 bits per heavy atom. The quantitative estimate of drug-likeness (QED) is 0.660. The van der Waals surface area contributed by atoms with Crippen molar-refractivity contribution < 1.29 is 4.79 Å². The number of benzene rings is 1. The van der Waals surface area contributed by atoms with E-state index in [4.69, 9.17) is 12.2 Å². The number of hydrogen-bond donors (Lipinski definition) is 2. The fourth-order valence-corrected chi connectivity index (χ4v) is 2.37. The van der Waals surface area contributed by atoms with Crippen molar-refractivity contribution in [2.24, 2.45) is 0 Å². The van der Waals surface area contributed by atoms with Crippen molar-refractivity contribution in [3.63, 3.8) is 0 Å². The third-order valence-electron chi connectivity index (χ3n) is 3.17. The SMILES string of the molecule is C=CCNC(=S)Nc1cccc(C(=O)N2CCCC2)c1. The Morgan fingerprint density at radius 3 is 2.85 bits per heavy atom. The molecule has 106 valence electrons. The van der Waals surface area contributed by atoms with E-state index in [-0.39, 0.29) is 5.91 Å². The van der Waals surface area contributed by atoms with Crippen LogP contribution in [0, 0.1) is 0 Å². The number of carbonyl (C=O) groups is 1. The molecule has 4 nitrogen and oxygen atoms in total. The number of nitrogens with one attached hydrogen (secondary N) is 2. The lowest BCUT2D eigenvalue weighted by molar-refractivity contribution is 0.0793. The molecule has 5 heteroatoms. The molecular weight excluding hydrogens is 270 g/mol. The third kappa shape index (κ3) is 3.81. The molecular formula is C15H19N3OS. The zero-order chi connectivity index (χ0) is 14.4. The number of thiocarbonyl (C=S) groups is 1. The maximum atomic E-state index is 12.3. The van der Waals surface area contributed by atoms with Gasteiger partial charge in [-0.05, 0) is 43.3 Å². The van der Waals surface area contributed by atoms with Crippen LogP contribution in [0.4, 0.5) is 5.69 Å². The molecule has 20 heavy (non-hydrogen) atoms. The Bertz CT molecular complexity index is 510. The Balaban J connectivity index is 2.01. The number of anilines is 1. The lowest BCUT2D eigenvalue weighted by Gasteiger charge is -2.16. The fraction of sp³-hybridized carbons (Fsp3) is 0.333. The van der Waals surface area contributed by atoms with Gasteiger partial charge in [-0.3, -0.25) is 4.79 Å². The molecule has 1 aromatic carbocycles. The largest absolute Gasteiger partial charge is 0.359 e. The van der Waals surface area contributed by atoms with Crippen molar-refractivity contribution in [3.8, 4) is 0 Å². The van der Waals surface area contributed by atoms with Crippen LogP contribution in [0.3, 0.4) is 0 Å². The standard InChI is InChI=1S/C15H19N3OS/c1-2-8-16-15(20)17-13-7-5-6-12(11-13)14(19)18-9-3-4-10-18/h2,5-7,11H,1,3-4,8-10H2,(H2,16,17,20). The number of hydrogen-bond acceptors (Lipinski definition) is 2. The summed E-state index contributed by atoms with van der Waals surface area (Å²) >= 11 is 5.15. The van der Waals surface area contributed by atoms with Crippen LogP contribution in [-0.4, -0.2) is 35.6 Å². The van der Waals surface area contributed by atoms with E-state index < -0.39 is 0 Å². The van der Waals surface area contributed by atoms with Crippen molar-refractivity contribution in [3.05, 3.63) is 42.5 Å². The first-order valence-electron chi connectivity index (χ1n) is 6.76. The lowest BCUT2D eigenvalue weighted by Crippen LogP contribution is -2.29. The normalized spacial score (nSPS) is 13.9. The summed E-state index contributed by atoms with van der Waals surface area (Å²) in [5.41, 5.74) is 1.51. The monoisotopic (exact) mass is 289 g/mol. The molecule has 0 aromatic heterocycles. The van der Waals surface area contributed by atoms with Gasteiger partial charge < -0.3 is 15.5 Å². The summed E-state index contributed by atoms with van der Waals surface area (Å²) in [4.78, 5) is 14.2. The molecule has 1 saturated heterocycles. The molecule has 0 spiro atoms. The van der Waals surface area contributed by atoms with E-state index in [9.17, 15) is 4.79 Å². The maximum absolute atomic E-state index is 12.3. The Kier molecular flexibility index (Phi) is 5.12. The molecule has 0 aliphatic carbocycles. The second kappa shape index (κ2) is 7.05. The van der Waals surface area contributed by atoms with Crippen LogP contribution >= 0.6 is 12.2 Å². The molecule has 1 fully saturated rings. The molecule has 1 aliphatic heterocycles. The molecule has 1 amide bonds. The molecule has 1 heterocycles. The lowest BCUT2D eigenvalue weighted by atomic mass is 10.2. The first-order valence-corrected chi connectivity index (χ1v) is 7.16. The predicted molar refractivity (Wildman–Crippen MR) is 86.0 cm³/mol. The molecule has 0 saturated carbocycles. The van der Waals surface area contributed by atoms with Gasteiger partial charge in [0, 0.05) is 30.9 Å². The van der Waals surface area contributed by atoms with Gasteiger partial charge in [0.1, 0.15) is 0 Å². The van der Waals surface area contributed by atoms with Crippen molar-refractivity contribution in [1.82, 2.24) is 10.2 Å². The predicted octanol–water partition coefficient (Wildman–Crippen LogP) is 2.40. The van der Waals surface area contributed by atoms with Gasteiger partial charge in [0.05, 0.1) is 0 Å². The summed E-state index contributed by atoms with van der Waals surface area (Å²) in [6.07, 6.45) is 3.93. The van der Waals surface area contributed by atoms with Gasteiger partial charge in [0.2, 0.25) is 0 Å². The van der Waals surface area contributed by atoms with Crippen LogP contribution < -0.4 is 10.6 Å². The minimum atomic E-state index is 0.0936. The van der Waals surface area contributed by atoms with Gasteiger partial charge in [0.15, 0.2) is 5.11 Å². The average Bonchev–Trinajstić information content (AvgIpc) is 2.98. The first-order chi connectivity index (χ1) is 9.70. The topological polar surface area (TPSA) is 44.4 Å². The van der Waals surface area contributed by atoms with Gasteiger partial charge in [-0.1, -0.05) is 12.1 Å². The van der Waals surface area contributed by atoms with E-state index in [1.807, 2.05) is 29.2 Å².